The maximum atomic E-state index is 12.4. The SMILES string of the molecule is O=C1c2ccccc2C(=Nc2ccccc2)c2ccoc21. The number of furan rings is 1. The summed E-state index contributed by atoms with van der Waals surface area (Å²) in [6.45, 7) is 0. The van der Waals surface area contributed by atoms with Gasteiger partial charge in [0.15, 0.2) is 5.76 Å². The standard InChI is InChI=1S/C18H11NO2/c20-17-14-9-5-4-8-13(14)16(15-10-11-21-18(15)17)19-12-6-2-1-3-7-12/h1-11H. The van der Waals surface area contributed by atoms with Crippen molar-refractivity contribution in [1.82, 2.24) is 0 Å². The molecular formula is C18H11NO2. The zero-order valence-corrected chi connectivity index (χ0v) is 11.1. The predicted molar refractivity (Wildman–Crippen MR) is 80.3 cm³/mol. The first kappa shape index (κ1) is 11.9. The van der Waals surface area contributed by atoms with Crippen molar-refractivity contribution in [2.45, 2.75) is 0 Å². The van der Waals surface area contributed by atoms with Gasteiger partial charge in [0.25, 0.3) is 0 Å². The van der Waals surface area contributed by atoms with Crippen LogP contribution in [0.25, 0.3) is 0 Å². The molecule has 0 amide bonds. The Labute approximate surface area is 121 Å². The summed E-state index contributed by atoms with van der Waals surface area (Å²) in [6, 6.07) is 19.0. The van der Waals surface area contributed by atoms with Gasteiger partial charge < -0.3 is 4.42 Å². The summed E-state index contributed by atoms with van der Waals surface area (Å²) in [7, 11) is 0. The van der Waals surface area contributed by atoms with Gasteiger partial charge >= 0.3 is 0 Å². The van der Waals surface area contributed by atoms with Crippen LogP contribution in [0.4, 0.5) is 5.69 Å². The number of para-hydroxylation sites is 1. The lowest BCUT2D eigenvalue weighted by Crippen LogP contribution is -2.19. The van der Waals surface area contributed by atoms with Gasteiger partial charge in [-0.3, -0.25) is 4.79 Å². The van der Waals surface area contributed by atoms with Crippen LogP contribution >= 0.6 is 0 Å². The molecule has 2 aromatic carbocycles. The fourth-order valence-electron chi connectivity index (χ4n) is 2.58. The fourth-order valence-corrected chi connectivity index (χ4v) is 2.58. The Balaban J connectivity index is 1.99. The van der Waals surface area contributed by atoms with Crippen LogP contribution in [0.15, 0.2) is 76.3 Å². The number of aliphatic imine (C=N–C) groups is 1. The van der Waals surface area contributed by atoms with Crippen LogP contribution < -0.4 is 0 Å². The van der Waals surface area contributed by atoms with Gasteiger partial charge in [-0.05, 0) is 18.2 Å². The van der Waals surface area contributed by atoms with E-state index in [2.05, 4.69) is 0 Å². The topological polar surface area (TPSA) is 42.6 Å². The molecule has 0 radical (unpaired) electrons. The number of ketones is 1. The Morgan fingerprint density at radius 2 is 1.48 bits per heavy atom. The van der Waals surface area contributed by atoms with Crippen molar-refractivity contribution >= 4 is 17.2 Å². The van der Waals surface area contributed by atoms with Crippen molar-refractivity contribution in [3.8, 4) is 0 Å². The number of nitrogens with zero attached hydrogens (tertiary/aromatic N) is 1. The van der Waals surface area contributed by atoms with E-state index in [1.165, 1.54) is 6.26 Å². The highest BCUT2D eigenvalue weighted by Gasteiger charge is 2.30. The molecule has 1 aromatic heterocycles. The molecule has 1 heterocycles. The summed E-state index contributed by atoms with van der Waals surface area (Å²) in [5, 5.41) is 0. The minimum Gasteiger partial charge on any atom is -0.460 e. The largest absolute Gasteiger partial charge is 0.460 e. The molecule has 1 aliphatic carbocycles. The second-order valence-electron chi connectivity index (χ2n) is 4.83. The molecule has 21 heavy (non-hydrogen) atoms. The van der Waals surface area contributed by atoms with E-state index < -0.39 is 0 Å². The Kier molecular flexibility index (Phi) is 2.57. The Morgan fingerprint density at radius 3 is 2.29 bits per heavy atom. The summed E-state index contributed by atoms with van der Waals surface area (Å²) >= 11 is 0. The second kappa shape index (κ2) is 4.56. The van der Waals surface area contributed by atoms with E-state index in [0.29, 0.717) is 11.3 Å². The molecule has 0 atom stereocenters. The lowest BCUT2D eigenvalue weighted by Gasteiger charge is -2.16. The van der Waals surface area contributed by atoms with Gasteiger partial charge in [0.05, 0.1) is 23.2 Å². The normalized spacial score (nSPS) is 14.9. The Morgan fingerprint density at radius 1 is 0.762 bits per heavy atom. The highest BCUT2D eigenvalue weighted by Crippen LogP contribution is 2.30. The summed E-state index contributed by atoms with van der Waals surface area (Å²) in [5.41, 5.74) is 3.86. The van der Waals surface area contributed by atoms with Crippen molar-refractivity contribution in [3.05, 3.63) is 89.4 Å². The highest BCUT2D eigenvalue weighted by molar-refractivity contribution is 6.29. The van der Waals surface area contributed by atoms with Crippen LogP contribution in [0.5, 0.6) is 0 Å². The lowest BCUT2D eigenvalue weighted by atomic mass is 9.88. The number of carbonyl (C=O) groups excluding carboxylic acids is 1. The molecule has 4 rings (SSSR count). The summed E-state index contributed by atoms with van der Waals surface area (Å²) < 4.78 is 5.36. The number of fused-ring (bicyclic) bond motifs is 2. The molecule has 0 aliphatic heterocycles. The van der Waals surface area contributed by atoms with Crippen molar-refractivity contribution < 1.29 is 9.21 Å². The molecular weight excluding hydrogens is 262 g/mol. The molecule has 0 unspecified atom stereocenters. The van der Waals surface area contributed by atoms with Gasteiger partial charge in [-0.25, -0.2) is 4.99 Å². The number of hydrogen-bond acceptors (Lipinski definition) is 3. The summed E-state index contributed by atoms with van der Waals surface area (Å²) in [4.78, 5) is 17.1. The zero-order chi connectivity index (χ0) is 14.2. The second-order valence-corrected chi connectivity index (χ2v) is 4.83. The van der Waals surface area contributed by atoms with E-state index in [0.717, 1.165) is 22.5 Å². The molecule has 1 aliphatic rings. The Bertz CT molecular complexity index is 860. The zero-order valence-electron chi connectivity index (χ0n) is 11.1. The van der Waals surface area contributed by atoms with Gasteiger partial charge in [0.1, 0.15) is 0 Å². The van der Waals surface area contributed by atoms with Gasteiger partial charge in [-0.1, -0.05) is 42.5 Å². The van der Waals surface area contributed by atoms with Crippen LogP contribution in [-0.4, -0.2) is 11.5 Å². The first-order chi connectivity index (χ1) is 10.3. The van der Waals surface area contributed by atoms with E-state index >= 15 is 0 Å². The van der Waals surface area contributed by atoms with Gasteiger partial charge in [-0.2, -0.15) is 0 Å². The highest BCUT2D eigenvalue weighted by atomic mass is 16.3. The van der Waals surface area contributed by atoms with Gasteiger partial charge in [0.2, 0.25) is 5.78 Å². The van der Waals surface area contributed by atoms with E-state index in [1.807, 2.05) is 54.6 Å². The molecule has 0 N–H and O–H groups in total. The minimum absolute atomic E-state index is 0.0855. The molecule has 0 saturated carbocycles. The minimum atomic E-state index is -0.0855. The van der Waals surface area contributed by atoms with E-state index in [-0.39, 0.29) is 5.78 Å². The quantitative estimate of drug-likeness (QED) is 0.526. The molecule has 0 saturated heterocycles. The maximum Gasteiger partial charge on any atom is 0.229 e. The summed E-state index contributed by atoms with van der Waals surface area (Å²) in [6.07, 6.45) is 1.54. The van der Waals surface area contributed by atoms with Crippen molar-refractivity contribution in [3.63, 3.8) is 0 Å². The first-order valence-electron chi connectivity index (χ1n) is 6.70. The molecule has 100 valence electrons. The van der Waals surface area contributed by atoms with E-state index in [4.69, 9.17) is 9.41 Å². The number of rotatable bonds is 1. The van der Waals surface area contributed by atoms with Crippen molar-refractivity contribution in [1.29, 1.82) is 0 Å². The van der Waals surface area contributed by atoms with Crippen LogP contribution in [-0.2, 0) is 0 Å². The van der Waals surface area contributed by atoms with E-state index in [9.17, 15) is 4.79 Å². The van der Waals surface area contributed by atoms with Crippen LogP contribution in [0.1, 0.15) is 27.2 Å². The predicted octanol–water partition coefficient (Wildman–Crippen LogP) is 3.99. The molecule has 3 aromatic rings. The monoisotopic (exact) mass is 273 g/mol. The van der Waals surface area contributed by atoms with E-state index in [1.54, 1.807) is 6.07 Å². The van der Waals surface area contributed by atoms with Crippen LogP contribution in [0.3, 0.4) is 0 Å². The number of carbonyl (C=O) groups is 1. The third-order valence-corrected chi connectivity index (χ3v) is 3.55. The molecule has 0 spiro atoms. The van der Waals surface area contributed by atoms with Crippen molar-refractivity contribution in [2.24, 2.45) is 4.99 Å². The maximum absolute atomic E-state index is 12.4. The number of benzene rings is 2. The third-order valence-electron chi connectivity index (χ3n) is 3.55. The third kappa shape index (κ3) is 1.82. The Hall–Kier alpha value is -2.94. The first-order valence-corrected chi connectivity index (χ1v) is 6.70. The van der Waals surface area contributed by atoms with Crippen LogP contribution in [0, 0.1) is 0 Å². The lowest BCUT2D eigenvalue weighted by molar-refractivity contribution is 0.101. The fraction of sp³-hybridized carbons (Fsp3) is 0. The van der Waals surface area contributed by atoms with Gasteiger partial charge in [-0.15, -0.1) is 0 Å². The average molecular weight is 273 g/mol. The van der Waals surface area contributed by atoms with Crippen LogP contribution in [0.2, 0.25) is 0 Å². The molecule has 0 bridgehead atoms. The van der Waals surface area contributed by atoms with Crippen molar-refractivity contribution in [2.75, 3.05) is 0 Å². The smallest absolute Gasteiger partial charge is 0.229 e. The molecule has 0 fully saturated rings. The number of hydrogen-bond donors (Lipinski definition) is 0. The van der Waals surface area contributed by atoms with Gasteiger partial charge in [0, 0.05) is 11.1 Å². The average Bonchev–Trinajstić information content (AvgIpc) is 3.02. The molecule has 3 heteroatoms. The summed E-state index contributed by atoms with van der Waals surface area (Å²) in [5.74, 6) is 0.279. The molecule has 3 nitrogen and oxygen atoms in total.